The van der Waals surface area contributed by atoms with Gasteiger partial charge in [-0.25, -0.2) is 4.98 Å². The Kier molecular flexibility index (Phi) is 4.53. The van der Waals surface area contributed by atoms with E-state index in [0.717, 1.165) is 22.5 Å². The minimum absolute atomic E-state index is 0.00444. The highest BCUT2D eigenvalue weighted by Crippen LogP contribution is 2.22. The van der Waals surface area contributed by atoms with Crippen molar-refractivity contribution in [2.75, 3.05) is 7.05 Å². The summed E-state index contributed by atoms with van der Waals surface area (Å²) in [5, 5.41) is 0.617. The van der Waals surface area contributed by atoms with Gasteiger partial charge in [-0.15, -0.1) is 11.3 Å². The number of hydrogen-bond donors (Lipinski definition) is 0. The molecule has 0 bridgehead atoms. The first-order chi connectivity index (χ1) is 11.0. The molecule has 0 radical (unpaired) electrons. The highest BCUT2D eigenvalue weighted by molar-refractivity contribution is 7.18. The minimum atomic E-state index is -0.109. The smallest absolute Gasteiger partial charge is 0.262 e. The predicted octanol–water partition coefficient (Wildman–Crippen LogP) is 2.87. The number of nitrogens with zero attached hydrogens (tertiary/aromatic N) is 3. The molecule has 2 heterocycles. The standard InChI is InChI=1S/C17H23N3O2S/c1-11-9-14-16(23-11)18-12(2)20(17(14)22)10-15(21)19(3)13-7-5-4-6-8-13/h9,13H,4-8,10H2,1-3H3. The number of amides is 1. The number of carbonyl (C=O) groups excluding carboxylic acids is 1. The lowest BCUT2D eigenvalue weighted by atomic mass is 9.94. The third kappa shape index (κ3) is 3.17. The Morgan fingerprint density at radius 1 is 1.35 bits per heavy atom. The van der Waals surface area contributed by atoms with Crippen LogP contribution in [0, 0.1) is 13.8 Å². The van der Waals surface area contributed by atoms with Crippen molar-refractivity contribution >= 4 is 27.5 Å². The second kappa shape index (κ2) is 6.43. The molecule has 3 rings (SSSR count). The summed E-state index contributed by atoms with van der Waals surface area (Å²) in [5.74, 6) is 0.602. The first-order valence-corrected chi connectivity index (χ1v) is 9.02. The molecule has 5 nitrogen and oxygen atoms in total. The number of fused-ring (bicyclic) bond motifs is 1. The van der Waals surface area contributed by atoms with Gasteiger partial charge in [0.05, 0.1) is 5.39 Å². The molecule has 0 saturated heterocycles. The number of aryl methyl sites for hydroxylation is 2. The van der Waals surface area contributed by atoms with Crippen molar-refractivity contribution in [2.45, 2.75) is 58.5 Å². The summed E-state index contributed by atoms with van der Waals surface area (Å²) >= 11 is 1.52. The zero-order valence-electron chi connectivity index (χ0n) is 14.0. The second-order valence-electron chi connectivity index (χ2n) is 6.42. The summed E-state index contributed by atoms with van der Waals surface area (Å²) in [7, 11) is 1.86. The first kappa shape index (κ1) is 16.2. The fourth-order valence-corrected chi connectivity index (χ4v) is 4.26. The van der Waals surface area contributed by atoms with Crippen LogP contribution in [0.25, 0.3) is 10.2 Å². The summed E-state index contributed by atoms with van der Waals surface area (Å²) in [6, 6.07) is 2.17. The number of rotatable bonds is 3. The van der Waals surface area contributed by atoms with Crippen LogP contribution in [0.3, 0.4) is 0 Å². The van der Waals surface area contributed by atoms with Crippen LogP contribution < -0.4 is 5.56 Å². The van der Waals surface area contributed by atoms with Gasteiger partial charge in [0.1, 0.15) is 17.2 Å². The highest BCUT2D eigenvalue weighted by atomic mass is 32.1. The van der Waals surface area contributed by atoms with E-state index in [1.807, 2.05) is 24.9 Å². The Morgan fingerprint density at radius 2 is 2.04 bits per heavy atom. The Labute approximate surface area is 139 Å². The lowest BCUT2D eigenvalue weighted by Crippen LogP contribution is -2.42. The average molecular weight is 333 g/mol. The highest BCUT2D eigenvalue weighted by Gasteiger charge is 2.23. The van der Waals surface area contributed by atoms with Crippen LogP contribution in [0.4, 0.5) is 0 Å². The van der Waals surface area contributed by atoms with Gasteiger partial charge in [0.25, 0.3) is 5.56 Å². The summed E-state index contributed by atoms with van der Waals surface area (Å²) in [6.45, 7) is 3.84. The van der Waals surface area contributed by atoms with E-state index in [1.54, 1.807) is 6.92 Å². The summed E-state index contributed by atoms with van der Waals surface area (Å²) < 4.78 is 1.51. The van der Waals surface area contributed by atoms with Crippen LogP contribution in [0.5, 0.6) is 0 Å². The maximum atomic E-state index is 12.7. The Bertz CT molecular complexity index is 787. The lowest BCUT2D eigenvalue weighted by Gasteiger charge is -2.31. The molecule has 1 amide bonds. The first-order valence-electron chi connectivity index (χ1n) is 8.20. The van der Waals surface area contributed by atoms with Crippen molar-refractivity contribution in [2.24, 2.45) is 0 Å². The SMILES string of the molecule is Cc1cc2c(=O)n(CC(=O)N(C)C3CCCCC3)c(C)nc2s1. The molecule has 0 aromatic carbocycles. The van der Waals surface area contributed by atoms with Crippen molar-refractivity contribution in [3.05, 3.63) is 27.1 Å². The number of hydrogen-bond acceptors (Lipinski definition) is 4. The van der Waals surface area contributed by atoms with E-state index in [-0.39, 0.29) is 18.0 Å². The number of aromatic nitrogens is 2. The quantitative estimate of drug-likeness (QED) is 0.868. The minimum Gasteiger partial charge on any atom is -0.341 e. The molecule has 1 fully saturated rings. The molecule has 0 N–H and O–H groups in total. The molecular weight excluding hydrogens is 310 g/mol. The third-order valence-corrected chi connectivity index (χ3v) is 5.72. The number of thiophene rings is 1. The van der Waals surface area contributed by atoms with Gasteiger partial charge in [0, 0.05) is 18.0 Å². The normalized spacial score (nSPS) is 16.0. The van der Waals surface area contributed by atoms with Gasteiger partial charge in [0.2, 0.25) is 5.91 Å². The number of carbonyl (C=O) groups is 1. The molecular formula is C17H23N3O2S. The van der Waals surface area contributed by atoms with E-state index >= 15 is 0 Å². The van der Waals surface area contributed by atoms with E-state index in [9.17, 15) is 9.59 Å². The van der Waals surface area contributed by atoms with Gasteiger partial charge in [-0.2, -0.15) is 0 Å². The molecule has 124 valence electrons. The van der Waals surface area contributed by atoms with E-state index in [1.165, 1.54) is 35.2 Å². The van der Waals surface area contributed by atoms with Crippen molar-refractivity contribution in [1.29, 1.82) is 0 Å². The Morgan fingerprint density at radius 3 is 2.74 bits per heavy atom. The van der Waals surface area contributed by atoms with Crippen LogP contribution in [-0.4, -0.2) is 33.4 Å². The second-order valence-corrected chi connectivity index (χ2v) is 7.66. The molecule has 1 saturated carbocycles. The van der Waals surface area contributed by atoms with Crippen molar-refractivity contribution in [3.8, 4) is 0 Å². The van der Waals surface area contributed by atoms with E-state index in [2.05, 4.69) is 4.98 Å². The molecule has 6 heteroatoms. The summed E-state index contributed by atoms with van der Waals surface area (Å²) in [6.07, 6.45) is 5.76. The van der Waals surface area contributed by atoms with Crippen molar-refractivity contribution < 1.29 is 4.79 Å². The Balaban J connectivity index is 1.85. The lowest BCUT2D eigenvalue weighted by molar-refractivity contribution is -0.133. The van der Waals surface area contributed by atoms with E-state index in [4.69, 9.17) is 0 Å². The largest absolute Gasteiger partial charge is 0.341 e. The topological polar surface area (TPSA) is 55.2 Å². The van der Waals surface area contributed by atoms with Crippen LogP contribution >= 0.6 is 11.3 Å². The van der Waals surface area contributed by atoms with E-state index in [0.29, 0.717) is 17.3 Å². The molecule has 0 aliphatic heterocycles. The van der Waals surface area contributed by atoms with Gasteiger partial charge >= 0.3 is 0 Å². The van der Waals surface area contributed by atoms with Gasteiger partial charge in [-0.3, -0.25) is 14.2 Å². The molecule has 1 aliphatic carbocycles. The van der Waals surface area contributed by atoms with Gasteiger partial charge < -0.3 is 4.90 Å². The molecule has 0 spiro atoms. The number of likely N-dealkylation sites (N-methyl/N-ethyl adjacent to an activating group) is 1. The molecule has 0 atom stereocenters. The zero-order valence-corrected chi connectivity index (χ0v) is 14.8. The van der Waals surface area contributed by atoms with Crippen LogP contribution in [0.1, 0.15) is 42.8 Å². The maximum absolute atomic E-state index is 12.7. The van der Waals surface area contributed by atoms with Crippen molar-refractivity contribution in [1.82, 2.24) is 14.5 Å². The summed E-state index contributed by atoms with van der Waals surface area (Å²) in [4.78, 5) is 33.4. The average Bonchev–Trinajstić information content (AvgIpc) is 2.91. The van der Waals surface area contributed by atoms with Gasteiger partial charge in [-0.1, -0.05) is 19.3 Å². The third-order valence-electron chi connectivity index (χ3n) is 4.77. The molecule has 1 aliphatic rings. The summed E-state index contributed by atoms with van der Waals surface area (Å²) in [5.41, 5.74) is -0.109. The molecule has 0 unspecified atom stereocenters. The maximum Gasteiger partial charge on any atom is 0.262 e. The van der Waals surface area contributed by atoms with Gasteiger partial charge in [-0.05, 0) is 32.8 Å². The monoisotopic (exact) mass is 333 g/mol. The fourth-order valence-electron chi connectivity index (χ4n) is 3.34. The molecule has 23 heavy (non-hydrogen) atoms. The molecule has 2 aromatic heterocycles. The van der Waals surface area contributed by atoms with Crippen LogP contribution in [0.2, 0.25) is 0 Å². The van der Waals surface area contributed by atoms with Gasteiger partial charge in [0.15, 0.2) is 0 Å². The zero-order chi connectivity index (χ0) is 16.6. The predicted molar refractivity (Wildman–Crippen MR) is 93.0 cm³/mol. The van der Waals surface area contributed by atoms with Crippen molar-refractivity contribution in [3.63, 3.8) is 0 Å². The van der Waals surface area contributed by atoms with E-state index < -0.39 is 0 Å². The fraction of sp³-hybridized carbons (Fsp3) is 0.588. The Hall–Kier alpha value is -1.69. The van der Waals surface area contributed by atoms with Crippen LogP contribution in [0.15, 0.2) is 10.9 Å². The molecule has 2 aromatic rings. The van der Waals surface area contributed by atoms with Crippen LogP contribution in [-0.2, 0) is 11.3 Å².